The van der Waals surface area contributed by atoms with Crippen LogP contribution in [0.4, 0.5) is 0 Å². The van der Waals surface area contributed by atoms with E-state index >= 15 is 0 Å². The molecule has 2 nitrogen and oxygen atoms in total. The zero-order chi connectivity index (χ0) is 12.8. The minimum atomic E-state index is -0.0398. The Balaban J connectivity index is 2.03. The van der Waals surface area contributed by atoms with Crippen LogP contribution in [0.5, 0.6) is 5.75 Å². The van der Waals surface area contributed by atoms with Crippen molar-refractivity contribution in [2.75, 3.05) is 6.54 Å². The Kier molecular flexibility index (Phi) is 4.79. The molecule has 18 heavy (non-hydrogen) atoms. The molecular weight excluding hydrogens is 242 g/mol. The highest BCUT2D eigenvalue weighted by Crippen LogP contribution is 2.25. The van der Waals surface area contributed by atoms with E-state index in [0.29, 0.717) is 6.54 Å². The third-order valence-corrected chi connectivity index (χ3v) is 3.78. The molecule has 3 heteroatoms. The fourth-order valence-electron chi connectivity index (χ4n) is 1.88. The summed E-state index contributed by atoms with van der Waals surface area (Å²) in [5, 5.41) is 2.05. The molecule has 0 amide bonds. The van der Waals surface area contributed by atoms with Crippen LogP contribution < -0.4 is 10.5 Å². The van der Waals surface area contributed by atoms with E-state index in [-0.39, 0.29) is 6.10 Å². The molecule has 0 aliphatic rings. The fraction of sp³-hybridized carbons (Fsp3) is 0.333. The van der Waals surface area contributed by atoms with E-state index in [4.69, 9.17) is 10.5 Å². The molecule has 2 aromatic rings. The Bertz CT molecular complexity index is 450. The van der Waals surface area contributed by atoms with Gasteiger partial charge in [0.15, 0.2) is 0 Å². The Morgan fingerprint density at radius 2 is 2.00 bits per heavy atom. The topological polar surface area (TPSA) is 35.2 Å². The lowest BCUT2D eigenvalue weighted by atomic mass is 10.1. The van der Waals surface area contributed by atoms with E-state index in [9.17, 15) is 0 Å². The van der Waals surface area contributed by atoms with Crippen LogP contribution >= 0.6 is 11.3 Å². The fourth-order valence-corrected chi connectivity index (χ4v) is 2.65. The number of hydrogen-bond acceptors (Lipinski definition) is 3. The van der Waals surface area contributed by atoms with Gasteiger partial charge in [-0.25, -0.2) is 0 Å². The first kappa shape index (κ1) is 13.1. The summed E-state index contributed by atoms with van der Waals surface area (Å²) in [6, 6.07) is 12.4. The number of rotatable bonds is 6. The molecule has 1 aromatic heterocycles. The number of nitrogens with two attached hydrogens (primary N) is 1. The lowest BCUT2D eigenvalue weighted by Crippen LogP contribution is -2.17. The molecule has 0 aliphatic heterocycles. The highest BCUT2D eigenvalue weighted by Gasteiger charge is 2.12. The molecular formula is C15H19NOS. The predicted molar refractivity (Wildman–Crippen MR) is 77.2 cm³/mol. The van der Waals surface area contributed by atoms with Gasteiger partial charge in [-0.3, -0.25) is 0 Å². The predicted octanol–water partition coefficient (Wildman–Crippen LogP) is 3.78. The molecule has 2 rings (SSSR count). The number of hydrogen-bond donors (Lipinski definition) is 1. The molecule has 96 valence electrons. The van der Waals surface area contributed by atoms with Gasteiger partial charge in [-0.05, 0) is 35.6 Å². The van der Waals surface area contributed by atoms with Crippen molar-refractivity contribution >= 4 is 11.3 Å². The number of thiophene rings is 1. The van der Waals surface area contributed by atoms with Crippen molar-refractivity contribution in [1.29, 1.82) is 0 Å². The Hall–Kier alpha value is -1.32. The maximum Gasteiger partial charge on any atom is 0.145 e. The molecule has 0 bridgehead atoms. The van der Waals surface area contributed by atoms with Crippen LogP contribution in [0.25, 0.3) is 0 Å². The van der Waals surface area contributed by atoms with Crippen molar-refractivity contribution in [2.24, 2.45) is 5.73 Å². The molecule has 1 heterocycles. The minimum absolute atomic E-state index is 0.0398. The van der Waals surface area contributed by atoms with Crippen LogP contribution in [0.3, 0.4) is 0 Å². The van der Waals surface area contributed by atoms with Crippen molar-refractivity contribution in [3.05, 3.63) is 52.2 Å². The molecule has 1 aromatic carbocycles. The largest absolute Gasteiger partial charge is 0.484 e. The van der Waals surface area contributed by atoms with Crippen LogP contribution in [0.2, 0.25) is 0 Å². The van der Waals surface area contributed by atoms with Gasteiger partial charge in [0.2, 0.25) is 0 Å². The van der Waals surface area contributed by atoms with Gasteiger partial charge in [0.1, 0.15) is 11.9 Å². The quantitative estimate of drug-likeness (QED) is 0.859. The van der Waals surface area contributed by atoms with E-state index in [1.807, 2.05) is 23.6 Å². The van der Waals surface area contributed by atoms with Crippen molar-refractivity contribution in [3.8, 4) is 5.75 Å². The summed E-state index contributed by atoms with van der Waals surface area (Å²) in [4.78, 5) is 1.18. The highest BCUT2D eigenvalue weighted by atomic mass is 32.1. The van der Waals surface area contributed by atoms with Crippen LogP contribution in [0, 0.1) is 0 Å². The maximum atomic E-state index is 5.93. The summed E-state index contributed by atoms with van der Waals surface area (Å²) in [5.74, 6) is 0.888. The van der Waals surface area contributed by atoms with Crippen molar-refractivity contribution < 1.29 is 4.74 Å². The minimum Gasteiger partial charge on any atom is -0.484 e. The van der Waals surface area contributed by atoms with E-state index in [2.05, 4.69) is 25.1 Å². The summed E-state index contributed by atoms with van der Waals surface area (Å²) in [7, 11) is 0. The Morgan fingerprint density at radius 1 is 1.22 bits per heavy atom. The smallest absolute Gasteiger partial charge is 0.145 e. The SMILES string of the molecule is CCCc1ccc(OC(CN)c2cccs2)cc1. The average Bonchev–Trinajstić information content (AvgIpc) is 2.92. The standard InChI is InChI=1S/C15H19NOS/c1-2-4-12-6-8-13(9-7-12)17-14(11-16)15-5-3-10-18-15/h3,5-10,14H,2,4,11,16H2,1H3. The molecule has 1 atom stereocenters. The molecule has 0 radical (unpaired) electrons. The summed E-state index contributed by atoms with van der Waals surface area (Å²) in [5.41, 5.74) is 7.12. The van der Waals surface area contributed by atoms with E-state index in [1.165, 1.54) is 16.9 Å². The molecule has 0 aliphatic carbocycles. The van der Waals surface area contributed by atoms with E-state index in [0.717, 1.165) is 12.2 Å². The molecule has 0 fully saturated rings. The van der Waals surface area contributed by atoms with Gasteiger partial charge >= 0.3 is 0 Å². The average molecular weight is 261 g/mol. The second-order valence-electron chi connectivity index (χ2n) is 4.25. The van der Waals surface area contributed by atoms with Gasteiger partial charge in [0, 0.05) is 11.4 Å². The van der Waals surface area contributed by atoms with Gasteiger partial charge in [-0.2, -0.15) is 0 Å². The monoisotopic (exact) mass is 261 g/mol. The highest BCUT2D eigenvalue weighted by molar-refractivity contribution is 7.10. The second kappa shape index (κ2) is 6.57. The van der Waals surface area contributed by atoms with E-state index < -0.39 is 0 Å². The third kappa shape index (κ3) is 3.34. The van der Waals surface area contributed by atoms with Crippen LogP contribution in [0.15, 0.2) is 41.8 Å². The molecule has 0 spiro atoms. The van der Waals surface area contributed by atoms with Crippen molar-refractivity contribution in [1.82, 2.24) is 0 Å². The van der Waals surface area contributed by atoms with E-state index in [1.54, 1.807) is 11.3 Å². The van der Waals surface area contributed by atoms with Gasteiger partial charge in [0.25, 0.3) is 0 Å². The van der Waals surface area contributed by atoms with Gasteiger partial charge in [-0.15, -0.1) is 11.3 Å². The molecule has 0 saturated heterocycles. The lowest BCUT2D eigenvalue weighted by molar-refractivity contribution is 0.218. The molecule has 1 unspecified atom stereocenters. The van der Waals surface area contributed by atoms with Gasteiger partial charge in [-0.1, -0.05) is 31.5 Å². The third-order valence-electron chi connectivity index (χ3n) is 2.81. The van der Waals surface area contributed by atoms with Crippen molar-refractivity contribution in [2.45, 2.75) is 25.9 Å². The van der Waals surface area contributed by atoms with Gasteiger partial charge in [0.05, 0.1) is 0 Å². The first-order chi connectivity index (χ1) is 8.83. The molecule has 2 N–H and O–H groups in total. The first-order valence-electron chi connectivity index (χ1n) is 6.32. The summed E-state index contributed by atoms with van der Waals surface area (Å²) in [6.45, 7) is 2.68. The van der Waals surface area contributed by atoms with Gasteiger partial charge < -0.3 is 10.5 Å². The summed E-state index contributed by atoms with van der Waals surface area (Å²) in [6.07, 6.45) is 2.24. The number of aryl methyl sites for hydroxylation is 1. The zero-order valence-electron chi connectivity index (χ0n) is 10.6. The Morgan fingerprint density at radius 3 is 2.56 bits per heavy atom. The Labute approximate surface area is 112 Å². The van der Waals surface area contributed by atoms with Crippen LogP contribution in [0.1, 0.15) is 29.9 Å². The zero-order valence-corrected chi connectivity index (χ0v) is 11.5. The maximum absolute atomic E-state index is 5.93. The van der Waals surface area contributed by atoms with Crippen molar-refractivity contribution in [3.63, 3.8) is 0 Å². The number of benzene rings is 1. The second-order valence-corrected chi connectivity index (χ2v) is 5.23. The first-order valence-corrected chi connectivity index (χ1v) is 7.20. The summed E-state index contributed by atoms with van der Waals surface area (Å²) >= 11 is 1.68. The molecule has 0 saturated carbocycles. The number of ether oxygens (including phenoxy) is 1. The van der Waals surface area contributed by atoms with Crippen LogP contribution in [-0.4, -0.2) is 6.54 Å². The van der Waals surface area contributed by atoms with Crippen LogP contribution in [-0.2, 0) is 6.42 Å². The lowest BCUT2D eigenvalue weighted by Gasteiger charge is -2.16. The normalized spacial score (nSPS) is 12.3. The summed E-state index contributed by atoms with van der Waals surface area (Å²) < 4.78 is 5.93.